The zero-order valence-electron chi connectivity index (χ0n) is 21.3. The maximum atomic E-state index is 13.9. The molecule has 0 radical (unpaired) electrons. The second-order valence-electron chi connectivity index (χ2n) is 10.3. The molecule has 4 aromatic carbocycles. The van der Waals surface area contributed by atoms with Gasteiger partial charge in [-0.1, -0.05) is 66.7 Å². The van der Waals surface area contributed by atoms with Crippen LogP contribution < -0.4 is 10.2 Å². The lowest BCUT2D eigenvalue weighted by molar-refractivity contribution is -0.122. The maximum absolute atomic E-state index is 13.9. The van der Waals surface area contributed by atoms with E-state index in [1.807, 2.05) is 30.3 Å². The van der Waals surface area contributed by atoms with Crippen LogP contribution in [0.4, 0.5) is 11.4 Å². The van der Waals surface area contributed by atoms with E-state index < -0.39 is 30.3 Å². The Kier molecular flexibility index (Phi) is 5.59. The molecule has 1 fully saturated rings. The molecule has 40 heavy (non-hydrogen) atoms. The molecule has 0 unspecified atom stereocenters. The van der Waals surface area contributed by atoms with E-state index in [0.717, 1.165) is 22.3 Å². The number of hydrogen-bond donors (Lipinski definition) is 1. The Balaban J connectivity index is 1.11. The van der Waals surface area contributed by atoms with Gasteiger partial charge in [-0.25, -0.2) is 9.69 Å². The van der Waals surface area contributed by atoms with Crippen molar-refractivity contribution < 1.29 is 23.9 Å². The van der Waals surface area contributed by atoms with Gasteiger partial charge >= 0.3 is 5.97 Å². The average Bonchev–Trinajstić information content (AvgIpc) is 3.26. The van der Waals surface area contributed by atoms with E-state index in [0.29, 0.717) is 11.4 Å². The fraction of sp³-hybridized carbons (Fsp3) is 0.152. The molecule has 3 aliphatic carbocycles. The van der Waals surface area contributed by atoms with Crippen LogP contribution in [0.1, 0.15) is 44.4 Å². The van der Waals surface area contributed by atoms with Crippen LogP contribution in [0.15, 0.2) is 103 Å². The summed E-state index contributed by atoms with van der Waals surface area (Å²) in [5, 5.41) is 2.66. The quantitative estimate of drug-likeness (QED) is 0.295. The Morgan fingerprint density at radius 3 is 1.62 bits per heavy atom. The molecule has 7 nitrogen and oxygen atoms in total. The highest BCUT2D eigenvalue weighted by molar-refractivity contribution is 6.23. The van der Waals surface area contributed by atoms with Gasteiger partial charge in [0.2, 0.25) is 11.8 Å². The molecule has 1 aliphatic heterocycles. The van der Waals surface area contributed by atoms with Gasteiger partial charge in [-0.05, 0) is 58.7 Å². The molecule has 4 aliphatic rings. The summed E-state index contributed by atoms with van der Waals surface area (Å²) in [6.45, 7) is -0.439. The highest BCUT2D eigenvalue weighted by Crippen LogP contribution is 2.61. The predicted molar refractivity (Wildman–Crippen MR) is 148 cm³/mol. The lowest BCUT2D eigenvalue weighted by Gasteiger charge is -2.45. The minimum Gasteiger partial charge on any atom is -0.452 e. The zero-order valence-corrected chi connectivity index (χ0v) is 21.3. The van der Waals surface area contributed by atoms with Crippen LogP contribution in [0.25, 0.3) is 0 Å². The normalized spacial score (nSPS) is 21.9. The summed E-state index contributed by atoms with van der Waals surface area (Å²) >= 11 is 0. The van der Waals surface area contributed by atoms with E-state index in [1.54, 1.807) is 36.4 Å². The molecule has 1 N–H and O–H groups in total. The van der Waals surface area contributed by atoms with Crippen LogP contribution in [0.5, 0.6) is 0 Å². The van der Waals surface area contributed by atoms with Gasteiger partial charge in [0, 0.05) is 17.5 Å². The number of nitrogens with zero attached hydrogens (tertiary/aromatic N) is 1. The molecular formula is C33H24N2O5. The van der Waals surface area contributed by atoms with Crippen molar-refractivity contribution in [1.29, 1.82) is 0 Å². The van der Waals surface area contributed by atoms with Gasteiger partial charge in [0.25, 0.3) is 5.91 Å². The monoisotopic (exact) mass is 528 g/mol. The summed E-state index contributed by atoms with van der Waals surface area (Å²) in [7, 11) is 0. The van der Waals surface area contributed by atoms with Gasteiger partial charge in [0.15, 0.2) is 6.61 Å². The van der Waals surface area contributed by atoms with Crippen molar-refractivity contribution in [2.24, 2.45) is 11.8 Å². The summed E-state index contributed by atoms with van der Waals surface area (Å²) in [6, 6.07) is 31.3. The molecule has 7 heteroatoms. The first-order chi connectivity index (χ1) is 19.5. The highest BCUT2D eigenvalue weighted by Gasteiger charge is 2.61. The Bertz CT molecular complexity index is 1570. The van der Waals surface area contributed by atoms with E-state index in [9.17, 15) is 19.2 Å². The van der Waals surface area contributed by atoms with Crippen LogP contribution in [0.3, 0.4) is 0 Å². The third kappa shape index (κ3) is 3.66. The fourth-order valence-electron chi connectivity index (χ4n) is 6.61. The number of carbonyl (C=O) groups is 4. The van der Waals surface area contributed by atoms with E-state index in [4.69, 9.17) is 4.74 Å². The predicted octanol–water partition coefficient (Wildman–Crippen LogP) is 4.88. The molecule has 2 bridgehead atoms. The first kappa shape index (κ1) is 24.0. The minimum atomic E-state index is -0.675. The molecule has 8 rings (SSSR count). The van der Waals surface area contributed by atoms with Gasteiger partial charge in [0.1, 0.15) is 0 Å². The second kappa shape index (κ2) is 9.31. The number of amides is 3. The molecule has 4 aromatic rings. The SMILES string of the molecule is O=C(COC(=O)c1ccc(N2C(=O)[C@@H]3C4c5ccccc5C(c5ccccc54)[C@@H]3C2=O)cc1)Nc1ccccc1. The summed E-state index contributed by atoms with van der Waals surface area (Å²) in [4.78, 5) is 53.7. The van der Waals surface area contributed by atoms with Crippen molar-refractivity contribution in [3.63, 3.8) is 0 Å². The van der Waals surface area contributed by atoms with Gasteiger partial charge in [-0.15, -0.1) is 0 Å². The standard InChI is InChI=1S/C33H24N2O5/c36-26(34-20-8-2-1-3-9-20)18-40-33(39)19-14-16-21(17-15-19)35-31(37)29-27-22-10-4-5-11-23(22)28(30(29)32(35)38)25-13-7-6-12-24(25)27/h1-17,27-30H,18H2,(H,34,36)/t27?,28?,29-,30+. The molecule has 1 heterocycles. The Labute approximate surface area is 230 Å². The highest BCUT2D eigenvalue weighted by atomic mass is 16.5. The molecule has 1 saturated heterocycles. The molecule has 196 valence electrons. The average molecular weight is 529 g/mol. The molecule has 3 amide bonds. The number of carbonyl (C=O) groups excluding carboxylic acids is 4. The second-order valence-corrected chi connectivity index (χ2v) is 10.3. The van der Waals surface area contributed by atoms with Gasteiger partial charge in [-0.3, -0.25) is 14.4 Å². The van der Waals surface area contributed by atoms with Crippen molar-refractivity contribution in [2.75, 3.05) is 16.8 Å². The van der Waals surface area contributed by atoms with E-state index in [2.05, 4.69) is 29.6 Å². The number of rotatable bonds is 5. The Hall–Kier alpha value is -5.04. The lowest BCUT2D eigenvalue weighted by Crippen LogP contribution is -2.41. The van der Waals surface area contributed by atoms with E-state index >= 15 is 0 Å². The third-order valence-corrected chi connectivity index (χ3v) is 8.20. The van der Waals surface area contributed by atoms with Crippen molar-refractivity contribution in [2.45, 2.75) is 11.8 Å². The number of para-hydroxylation sites is 1. The van der Waals surface area contributed by atoms with Gasteiger partial charge in [0.05, 0.1) is 23.1 Å². The maximum Gasteiger partial charge on any atom is 0.338 e. The smallest absolute Gasteiger partial charge is 0.338 e. The summed E-state index contributed by atoms with van der Waals surface area (Å²) in [5.74, 6) is -2.88. The first-order valence-corrected chi connectivity index (χ1v) is 13.2. The molecular weight excluding hydrogens is 504 g/mol. The Morgan fingerprint density at radius 2 is 1.12 bits per heavy atom. The number of nitrogens with one attached hydrogen (secondary N) is 1. The van der Waals surface area contributed by atoms with Crippen LogP contribution in [-0.4, -0.2) is 30.3 Å². The summed E-state index contributed by atoms with van der Waals surface area (Å²) in [6.07, 6.45) is 0. The fourth-order valence-corrected chi connectivity index (χ4v) is 6.61. The number of ether oxygens (including phenoxy) is 1. The topological polar surface area (TPSA) is 92.8 Å². The van der Waals surface area contributed by atoms with Crippen molar-refractivity contribution in [1.82, 2.24) is 0 Å². The van der Waals surface area contributed by atoms with Crippen LogP contribution in [-0.2, 0) is 19.1 Å². The van der Waals surface area contributed by atoms with Crippen LogP contribution in [0.2, 0.25) is 0 Å². The number of anilines is 2. The third-order valence-electron chi connectivity index (χ3n) is 8.20. The largest absolute Gasteiger partial charge is 0.452 e. The Morgan fingerprint density at radius 1 is 0.650 bits per heavy atom. The van der Waals surface area contributed by atoms with Crippen LogP contribution >= 0.6 is 0 Å². The van der Waals surface area contributed by atoms with Crippen molar-refractivity contribution >= 4 is 35.1 Å². The number of esters is 1. The van der Waals surface area contributed by atoms with Crippen molar-refractivity contribution in [3.8, 4) is 0 Å². The number of benzene rings is 4. The van der Waals surface area contributed by atoms with E-state index in [1.165, 1.54) is 17.0 Å². The molecule has 0 spiro atoms. The van der Waals surface area contributed by atoms with Gasteiger partial charge < -0.3 is 10.1 Å². The van der Waals surface area contributed by atoms with E-state index in [-0.39, 0.29) is 29.2 Å². The first-order valence-electron chi connectivity index (χ1n) is 13.2. The summed E-state index contributed by atoms with van der Waals surface area (Å²) in [5.41, 5.74) is 5.69. The molecule has 0 saturated carbocycles. The number of imide groups is 1. The summed E-state index contributed by atoms with van der Waals surface area (Å²) < 4.78 is 5.16. The number of hydrogen-bond acceptors (Lipinski definition) is 5. The minimum absolute atomic E-state index is 0.180. The zero-order chi connectivity index (χ0) is 27.4. The lowest BCUT2D eigenvalue weighted by atomic mass is 9.55. The van der Waals surface area contributed by atoms with Gasteiger partial charge in [-0.2, -0.15) is 0 Å². The van der Waals surface area contributed by atoms with Crippen LogP contribution in [0, 0.1) is 11.8 Å². The van der Waals surface area contributed by atoms with Crippen molar-refractivity contribution in [3.05, 3.63) is 131 Å². The molecule has 2 atom stereocenters. The molecule has 0 aromatic heterocycles.